The second kappa shape index (κ2) is 32.7. The van der Waals surface area contributed by atoms with E-state index in [1.54, 1.807) is 6.07 Å². The van der Waals surface area contributed by atoms with Gasteiger partial charge in [0.15, 0.2) is 48.9 Å². The zero-order chi connectivity index (χ0) is 68.3. The van der Waals surface area contributed by atoms with Crippen molar-refractivity contribution in [1.82, 2.24) is 0 Å². The fourth-order valence-corrected chi connectivity index (χ4v) is 10.5. The van der Waals surface area contributed by atoms with Crippen molar-refractivity contribution in [3.8, 4) is 17.2 Å². The Morgan fingerprint density at radius 3 is 1.56 bits per heavy atom. The third-order valence-corrected chi connectivity index (χ3v) is 15.5. The molecule has 0 spiro atoms. The smallest absolute Gasteiger partial charge is 0.338 e. The first-order chi connectivity index (χ1) is 44.8. The summed E-state index contributed by atoms with van der Waals surface area (Å²) in [5.74, 6) is -9.14. The van der Waals surface area contributed by atoms with Gasteiger partial charge < -0.3 is 143 Å². The molecule has 34 heteroatoms. The molecule has 5 aliphatic rings. The molecule has 5 aliphatic heterocycles. The number of benzene rings is 3. The summed E-state index contributed by atoms with van der Waals surface area (Å²) in [7, 11) is 1.27. The zero-order valence-corrected chi connectivity index (χ0v) is 50.2. The highest BCUT2D eigenvalue weighted by Gasteiger charge is 2.64. The minimum absolute atomic E-state index is 0.00624. The fraction of sp³-hybridized carbons (Fsp3) is 0.550. The minimum atomic E-state index is -3.02. The van der Waals surface area contributed by atoms with Crippen LogP contribution in [-0.2, 0) is 85.5 Å². The molecule has 5 fully saturated rings. The summed E-state index contributed by atoms with van der Waals surface area (Å²) in [6.45, 7) is -4.45. The van der Waals surface area contributed by atoms with Gasteiger partial charge in [-0.15, -0.1) is 0 Å². The molecule has 0 aromatic heterocycles. The van der Waals surface area contributed by atoms with Crippen molar-refractivity contribution >= 4 is 42.0 Å². The number of hydrogen-bond acceptors (Lipinski definition) is 34. The third-order valence-electron chi connectivity index (χ3n) is 15.5. The van der Waals surface area contributed by atoms with Gasteiger partial charge in [0, 0.05) is 26.0 Å². The van der Waals surface area contributed by atoms with Gasteiger partial charge in [-0.3, -0.25) is 9.59 Å². The van der Waals surface area contributed by atoms with E-state index >= 15 is 0 Å². The number of aromatic hydroxyl groups is 2. The third kappa shape index (κ3) is 17.4. The van der Waals surface area contributed by atoms with Gasteiger partial charge in [0.2, 0.25) is 5.79 Å². The molecule has 0 saturated carbocycles. The summed E-state index contributed by atoms with van der Waals surface area (Å²) in [4.78, 5) is 67.5. The summed E-state index contributed by atoms with van der Waals surface area (Å²) in [6.07, 6.45) is -45.3. The highest BCUT2D eigenvalue weighted by Crippen LogP contribution is 2.43. The number of methoxy groups -OCH3 is 1. The lowest BCUT2D eigenvalue weighted by molar-refractivity contribution is -0.423. The maximum absolute atomic E-state index is 14.3. The summed E-state index contributed by atoms with van der Waals surface area (Å²) in [5.41, 5.74) is 0.417. The molecule has 0 aliphatic carbocycles. The lowest BCUT2D eigenvalue weighted by Gasteiger charge is -2.51. The van der Waals surface area contributed by atoms with Crippen LogP contribution in [0.1, 0.15) is 35.3 Å². The van der Waals surface area contributed by atoms with Crippen molar-refractivity contribution in [3.05, 3.63) is 102 Å². The van der Waals surface area contributed by atoms with Crippen LogP contribution >= 0.6 is 0 Å². The standard InChI is InChI=1S/C60H74O34/c1-26(64)81-23-37-50(89-56-47(76)44(73)41(70)34(20-61)84-56)46(75)49(78)58(86-37)90-52-51(88-40(69)18-12-28-9-14-31(66)15-10-28)38(24-82-27(2)65)87-59(53(52)91-57-48(77)45(74)42(71)35(21-62)85-57)94-60(25-83-39(68)17-13-29-11-16-32(67)33(19-29)80-3)54(43(72)36(22-63)93-60)92-55(79)30-7-5-4-6-8-30/h4-19,34-38,41-54,56-59,61-63,66-67,70-78H,20-25H2,1-3H3/b17-13+,18-12+/t34-,35-,36-,37-,38-,41-,42-,43-,44+,45+,46-,47-,48-,49-,50-,51-,52+,53-,54-,56+,57+,58-,59-,60+/m1/s1. The van der Waals surface area contributed by atoms with Crippen molar-refractivity contribution in [2.75, 3.05) is 46.8 Å². The van der Waals surface area contributed by atoms with Crippen LogP contribution in [0.4, 0.5) is 0 Å². The number of aliphatic hydroxyl groups is 12. The van der Waals surface area contributed by atoms with Crippen molar-refractivity contribution in [2.45, 2.75) is 161 Å². The van der Waals surface area contributed by atoms with Gasteiger partial charge in [-0.1, -0.05) is 36.4 Å². The van der Waals surface area contributed by atoms with Crippen LogP contribution in [0.15, 0.2) is 84.9 Å². The van der Waals surface area contributed by atoms with E-state index in [0.717, 1.165) is 26.0 Å². The van der Waals surface area contributed by atoms with Crippen LogP contribution in [0.25, 0.3) is 12.2 Å². The van der Waals surface area contributed by atoms with E-state index in [9.17, 15) is 95.5 Å². The van der Waals surface area contributed by atoms with Crippen LogP contribution < -0.4 is 4.74 Å². The van der Waals surface area contributed by atoms with Crippen LogP contribution in [0.2, 0.25) is 0 Å². The molecule has 0 amide bonds. The molecule has 14 N–H and O–H groups in total. The minimum Gasteiger partial charge on any atom is -0.508 e. The summed E-state index contributed by atoms with van der Waals surface area (Å²) in [6, 6.07) is 16.4. The topological polar surface area (TPSA) is 507 Å². The van der Waals surface area contributed by atoms with E-state index in [2.05, 4.69) is 0 Å². The molecule has 24 atom stereocenters. The Morgan fingerprint density at radius 1 is 0.500 bits per heavy atom. The molecule has 3 aromatic carbocycles. The molecule has 94 heavy (non-hydrogen) atoms. The van der Waals surface area contributed by atoms with E-state index < -0.39 is 216 Å². The first kappa shape index (κ1) is 72.9. The second-order valence-electron chi connectivity index (χ2n) is 22.0. The molecule has 0 bridgehead atoms. The predicted molar refractivity (Wildman–Crippen MR) is 304 cm³/mol. The first-order valence-corrected chi connectivity index (χ1v) is 29.1. The van der Waals surface area contributed by atoms with E-state index in [4.69, 9.17) is 71.1 Å². The summed E-state index contributed by atoms with van der Waals surface area (Å²) < 4.78 is 88.9. The maximum atomic E-state index is 14.3. The van der Waals surface area contributed by atoms with Gasteiger partial charge in [0.1, 0.15) is 129 Å². The van der Waals surface area contributed by atoms with Crippen LogP contribution in [-0.4, -0.2) is 295 Å². The Labute approximate surface area is 533 Å². The van der Waals surface area contributed by atoms with E-state index in [0.29, 0.717) is 5.56 Å². The molecule has 0 unspecified atom stereocenters. The van der Waals surface area contributed by atoms with Crippen molar-refractivity contribution in [1.29, 1.82) is 0 Å². The molecule has 5 saturated heterocycles. The molecule has 3 aromatic rings. The Kier molecular flexibility index (Phi) is 25.3. The fourth-order valence-electron chi connectivity index (χ4n) is 10.5. The Morgan fingerprint density at radius 2 is 1.00 bits per heavy atom. The number of hydrogen-bond donors (Lipinski definition) is 14. The largest absolute Gasteiger partial charge is 0.508 e. The number of aliphatic hydroxyl groups excluding tert-OH is 12. The van der Waals surface area contributed by atoms with Crippen molar-refractivity contribution < 1.29 is 167 Å². The molecule has 8 rings (SSSR count). The number of phenols is 2. The van der Waals surface area contributed by atoms with Crippen molar-refractivity contribution in [2.24, 2.45) is 0 Å². The Hall–Kier alpha value is -6.95. The molecule has 0 radical (unpaired) electrons. The van der Waals surface area contributed by atoms with Crippen LogP contribution in [0.3, 0.4) is 0 Å². The maximum Gasteiger partial charge on any atom is 0.338 e. The average molecular weight is 1340 g/mol. The number of phenolic OH excluding ortho intramolecular Hbond substituents is 2. The van der Waals surface area contributed by atoms with Gasteiger partial charge in [-0.25, -0.2) is 14.4 Å². The zero-order valence-electron chi connectivity index (χ0n) is 50.2. The Balaban J connectivity index is 1.28. The SMILES string of the molecule is COc1cc(/C=C/C(=O)OC[C@@]2(O[C@H]3O[C@H](COC(C)=O)[C@@H](OC(=O)/C=C/c4ccc(O)cc4)[C@H](O[C@H]4O[C@H](COC(C)=O)[C@@H](O[C@@H]5O[C@H](CO)[C@@H](O)[C@H](O)[C@H]5O)[C@H](O)[C@H]4O)[C@H]3O[C@@H]3O[C@H](CO)[C@@H](O)[C@H](O)[C@H]3O)O[C@H](CO)[C@@H](O)[C@H]2OC(=O)c2ccccc2)ccc1O. The van der Waals surface area contributed by atoms with Gasteiger partial charge in [-0.2, -0.15) is 0 Å². The van der Waals surface area contributed by atoms with Gasteiger partial charge >= 0.3 is 29.8 Å². The van der Waals surface area contributed by atoms with Crippen LogP contribution in [0, 0.1) is 0 Å². The van der Waals surface area contributed by atoms with E-state index in [1.807, 2.05) is 0 Å². The monoisotopic (exact) mass is 1340 g/mol. The lowest BCUT2D eigenvalue weighted by atomic mass is 9.95. The predicted octanol–water partition coefficient (Wildman–Crippen LogP) is -4.97. The summed E-state index contributed by atoms with van der Waals surface area (Å²) >= 11 is 0. The highest BCUT2D eigenvalue weighted by molar-refractivity contribution is 5.90. The number of esters is 5. The molecular weight excluding hydrogens is 1260 g/mol. The van der Waals surface area contributed by atoms with Gasteiger partial charge in [0.05, 0.1) is 32.5 Å². The lowest BCUT2D eigenvalue weighted by Crippen LogP contribution is -2.69. The quantitative estimate of drug-likeness (QED) is 0.0215. The second-order valence-corrected chi connectivity index (χ2v) is 22.0. The number of carbonyl (C=O) groups excluding carboxylic acids is 5. The summed E-state index contributed by atoms with van der Waals surface area (Å²) in [5, 5.41) is 153. The highest BCUT2D eigenvalue weighted by atomic mass is 16.8. The number of carbonyl (C=O) groups is 5. The average Bonchev–Trinajstić information content (AvgIpc) is 1.38. The number of rotatable bonds is 25. The van der Waals surface area contributed by atoms with Gasteiger partial charge in [0.25, 0.3) is 0 Å². The van der Waals surface area contributed by atoms with Crippen molar-refractivity contribution in [3.63, 3.8) is 0 Å². The molecule has 518 valence electrons. The molecular formula is C60H74O34. The molecule has 34 nitrogen and oxygen atoms in total. The normalized spacial score (nSPS) is 36.0. The van der Waals surface area contributed by atoms with Gasteiger partial charge in [-0.05, 0) is 59.7 Å². The first-order valence-electron chi connectivity index (χ1n) is 29.1. The number of ether oxygens (including phenoxy) is 15. The van der Waals surface area contributed by atoms with E-state index in [1.165, 1.54) is 86.0 Å². The van der Waals surface area contributed by atoms with Crippen LogP contribution in [0.5, 0.6) is 17.2 Å². The molecule has 5 heterocycles. The van der Waals surface area contributed by atoms with E-state index in [-0.39, 0.29) is 28.4 Å². The Bertz CT molecular complexity index is 3060.